The second-order valence-corrected chi connectivity index (χ2v) is 8.64. The third-order valence-electron chi connectivity index (χ3n) is 4.58. The van der Waals surface area contributed by atoms with Crippen LogP contribution in [0.4, 0.5) is 5.69 Å². The van der Waals surface area contributed by atoms with Crippen LogP contribution in [0.5, 0.6) is 0 Å². The Bertz CT molecular complexity index is 1100. The average Bonchev–Trinajstić information content (AvgIpc) is 3.11. The van der Waals surface area contributed by atoms with E-state index in [1.807, 2.05) is 13.8 Å². The van der Waals surface area contributed by atoms with Gasteiger partial charge in [0.25, 0.3) is 5.91 Å². The largest absolute Gasteiger partial charge is 0.342 e. The molecule has 7 nitrogen and oxygen atoms in total. The summed E-state index contributed by atoms with van der Waals surface area (Å²) in [6, 6.07) is 11.6. The molecule has 1 aromatic heterocycles. The number of halogens is 2. The van der Waals surface area contributed by atoms with E-state index in [9.17, 15) is 9.59 Å². The summed E-state index contributed by atoms with van der Waals surface area (Å²) < 4.78 is 1.76. The first kappa shape index (κ1) is 23.1. The van der Waals surface area contributed by atoms with Gasteiger partial charge in [0.2, 0.25) is 5.91 Å². The first-order chi connectivity index (χ1) is 14.8. The number of nitrogens with one attached hydrogen (secondary N) is 2. The first-order valence-corrected chi connectivity index (χ1v) is 11.1. The Morgan fingerprint density at radius 3 is 2.55 bits per heavy atom. The molecule has 0 fully saturated rings. The second kappa shape index (κ2) is 10.2. The number of thioether (sulfide) groups is 1. The normalized spacial score (nSPS) is 11.8. The number of rotatable bonds is 7. The first-order valence-electron chi connectivity index (χ1n) is 9.39. The van der Waals surface area contributed by atoms with Crippen molar-refractivity contribution in [3.63, 3.8) is 0 Å². The summed E-state index contributed by atoms with van der Waals surface area (Å²) in [5.74, 6) is 0.321. The lowest BCUT2D eigenvalue weighted by Crippen LogP contribution is -2.28. The van der Waals surface area contributed by atoms with Crippen molar-refractivity contribution >= 4 is 52.5 Å². The predicted molar refractivity (Wildman–Crippen MR) is 124 cm³/mol. The molecule has 0 unspecified atom stereocenters. The number of amides is 2. The van der Waals surface area contributed by atoms with E-state index in [-0.39, 0.29) is 23.6 Å². The number of benzene rings is 2. The molecule has 162 valence electrons. The molecule has 3 aromatic rings. The van der Waals surface area contributed by atoms with Gasteiger partial charge in [-0.25, -0.2) is 0 Å². The Labute approximate surface area is 194 Å². The van der Waals surface area contributed by atoms with Gasteiger partial charge in [-0.05, 0) is 55.8 Å². The molecular formula is C21H21Cl2N5O2S. The smallest absolute Gasteiger partial charge is 0.251 e. The summed E-state index contributed by atoms with van der Waals surface area (Å²) in [7, 11) is 1.79. The van der Waals surface area contributed by atoms with Gasteiger partial charge in [0.05, 0.1) is 11.8 Å². The van der Waals surface area contributed by atoms with Crippen molar-refractivity contribution in [2.45, 2.75) is 25.0 Å². The zero-order chi connectivity index (χ0) is 22.5. The van der Waals surface area contributed by atoms with Crippen molar-refractivity contribution < 1.29 is 9.59 Å². The Morgan fingerprint density at radius 2 is 1.84 bits per heavy atom. The van der Waals surface area contributed by atoms with Crippen LogP contribution >= 0.6 is 35.0 Å². The summed E-state index contributed by atoms with van der Waals surface area (Å²) in [6.07, 6.45) is 0. The van der Waals surface area contributed by atoms with Crippen LogP contribution in [0.15, 0.2) is 47.6 Å². The van der Waals surface area contributed by atoms with Crippen molar-refractivity contribution in [3.05, 3.63) is 69.5 Å². The molecule has 0 saturated carbocycles. The molecular weight excluding hydrogens is 457 g/mol. The van der Waals surface area contributed by atoms with Crippen LogP contribution in [-0.2, 0) is 11.8 Å². The van der Waals surface area contributed by atoms with E-state index in [2.05, 4.69) is 20.8 Å². The van der Waals surface area contributed by atoms with E-state index >= 15 is 0 Å². The molecule has 1 heterocycles. The van der Waals surface area contributed by atoms with Gasteiger partial charge in [-0.3, -0.25) is 9.59 Å². The van der Waals surface area contributed by atoms with Crippen LogP contribution in [0.1, 0.15) is 34.7 Å². The van der Waals surface area contributed by atoms with Crippen molar-refractivity contribution in [2.75, 3.05) is 11.1 Å². The maximum Gasteiger partial charge on any atom is 0.251 e. The van der Waals surface area contributed by atoms with Gasteiger partial charge >= 0.3 is 0 Å². The number of anilines is 1. The fourth-order valence-electron chi connectivity index (χ4n) is 2.83. The van der Waals surface area contributed by atoms with E-state index in [4.69, 9.17) is 23.2 Å². The summed E-state index contributed by atoms with van der Waals surface area (Å²) in [5, 5.41) is 15.8. The zero-order valence-electron chi connectivity index (χ0n) is 17.1. The molecule has 3 rings (SSSR count). The number of carbonyl (C=O) groups excluding carboxylic acids is 2. The van der Waals surface area contributed by atoms with Gasteiger partial charge in [0.15, 0.2) is 11.0 Å². The molecule has 31 heavy (non-hydrogen) atoms. The number of hydrogen-bond acceptors (Lipinski definition) is 5. The fraction of sp³-hybridized carbons (Fsp3) is 0.238. The minimum absolute atomic E-state index is 0.156. The van der Waals surface area contributed by atoms with E-state index in [0.717, 1.165) is 5.56 Å². The molecule has 0 saturated heterocycles. The summed E-state index contributed by atoms with van der Waals surface area (Å²) in [6.45, 7) is 3.67. The van der Waals surface area contributed by atoms with Crippen LogP contribution in [0.2, 0.25) is 10.0 Å². The van der Waals surface area contributed by atoms with Crippen molar-refractivity contribution in [3.8, 4) is 0 Å². The monoisotopic (exact) mass is 477 g/mol. The Morgan fingerprint density at radius 1 is 1.13 bits per heavy atom. The minimum atomic E-state index is -0.377. The summed E-state index contributed by atoms with van der Waals surface area (Å²) in [5.41, 5.74) is 1.99. The molecule has 0 radical (unpaired) electrons. The van der Waals surface area contributed by atoms with Gasteiger partial charge in [-0.1, -0.05) is 41.0 Å². The molecule has 0 bridgehead atoms. The van der Waals surface area contributed by atoms with E-state index < -0.39 is 0 Å². The van der Waals surface area contributed by atoms with Crippen LogP contribution in [0, 0.1) is 6.92 Å². The van der Waals surface area contributed by atoms with Crippen LogP contribution < -0.4 is 10.6 Å². The van der Waals surface area contributed by atoms with E-state index in [1.54, 1.807) is 54.1 Å². The standard InChI is InChI=1S/C21H21Cl2N5O2S/c1-12-16(23)5-4-6-17(12)25-18(29)11-31-21-27-26-19(28(21)3)13(2)24-20(30)14-7-9-15(22)10-8-14/h4-10,13H,11H2,1-3H3,(H,24,30)(H,25,29)/t13-/m0/s1. The highest BCUT2D eigenvalue weighted by Gasteiger charge is 2.19. The molecule has 0 aliphatic heterocycles. The summed E-state index contributed by atoms with van der Waals surface area (Å²) in [4.78, 5) is 24.7. The molecule has 2 amide bonds. The third-order valence-corrected chi connectivity index (χ3v) is 6.27. The van der Waals surface area contributed by atoms with Crippen molar-refractivity contribution in [2.24, 2.45) is 7.05 Å². The number of nitrogens with zero attached hydrogens (tertiary/aromatic N) is 3. The second-order valence-electron chi connectivity index (χ2n) is 6.85. The maximum absolute atomic E-state index is 12.4. The predicted octanol–water partition coefficient (Wildman–Crippen LogP) is 4.65. The number of hydrogen-bond donors (Lipinski definition) is 2. The lowest BCUT2D eigenvalue weighted by Gasteiger charge is -2.14. The topological polar surface area (TPSA) is 88.9 Å². The van der Waals surface area contributed by atoms with E-state index in [1.165, 1.54) is 11.8 Å². The van der Waals surface area contributed by atoms with Gasteiger partial charge in [-0.15, -0.1) is 10.2 Å². The molecule has 10 heteroatoms. The number of aromatic nitrogens is 3. The van der Waals surface area contributed by atoms with Crippen LogP contribution in [-0.4, -0.2) is 32.3 Å². The highest BCUT2D eigenvalue weighted by atomic mass is 35.5. The van der Waals surface area contributed by atoms with Gasteiger partial charge in [-0.2, -0.15) is 0 Å². The van der Waals surface area contributed by atoms with Crippen LogP contribution in [0.25, 0.3) is 0 Å². The average molecular weight is 478 g/mol. The fourth-order valence-corrected chi connectivity index (χ4v) is 3.85. The van der Waals surface area contributed by atoms with Crippen molar-refractivity contribution in [1.29, 1.82) is 0 Å². The number of carbonyl (C=O) groups is 2. The highest BCUT2D eigenvalue weighted by Crippen LogP contribution is 2.24. The molecule has 2 aromatic carbocycles. The lowest BCUT2D eigenvalue weighted by atomic mass is 10.2. The SMILES string of the molecule is Cc1c(Cl)cccc1NC(=O)CSc1nnc([C@H](C)NC(=O)c2ccc(Cl)cc2)n1C. The zero-order valence-corrected chi connectivity index (χ0v) is 19.5. The van der Waals surface area contributed by atoms with E-state index in [0.29, 0.717) is 32.3 Å². The molecule has 0 aliphatic carbocycles. The van der Waals surface area contributed by atoms with Gasteiger partial charge in [0, 0.05) is 28.3 Å². The van der Waals surface area contributed by atoms with Gasteiger partial charge < -0.3 is 15.2 Å². The third kappa shape index (κ3) is 5.78. The van der Waals surface area contributed by atoms with Crippen LogP contribution in [0.3, 0.4) is 0 Å². The highest BCUT2D eigenvalue weighted by molar-refractivity contribution is 7.99. The molecule has 2 N–H and O–H groups in total. The summed E-state index contributed by atoms with van der Waals surface area (Å²) >= 11 is 13.2. The Balaban J connectivity index is 1.59. The Kier molecular flexibility index (Phi) is 7.59. The Hall–Kier alpha value is -2.55. The molecule has 1 atom stereocenters. The molecule has 0 aliphatic rings. The minimum Gasteiger partial charge on any atom is -0.342 e. The van der Waals surface area contributed by atoms with Gasteiger partial charge in [0.1, 0.15) is 0 Å². The quantitative estimate of drug-likeness (QED) is 0.483. The maximum atomic E-state index is 12.4. The van der Waals surface area contributed by atoms with Crippen molar-refractivity contribution in [1.82, 2.24) is 20.1 Å². The lowest BCUT2D eigenvalue weighted by molar-refractivity contribution is -0.113. The molecule has 0 spiro atoms.